The molecule has 0 unspecified atom stereocenters. The predicted molar refractivity (Wildman–Crippen MR) is 79.3 cm³/mol. The Morgan fingerprint density at radius 3 is 2.57 bits per heavy atom. The number of ether oxygens (including phenoxy) is 1. The van der Waals surface area contributed by atoms with Gasteiger partial charge in [-0.2, -0.15) is 5.26 Å². The van der Waals surface area contributed by atoms with E-state index in [0.717, 1.165) is 17.3 Å². The molecule has 5 nitrogen and oxygen atoms in total. The van der Waals surface area contributed by atoms with Gasteiger partial charge < -0.3 is 10.1 Å². The van der Waals surface area contributed by atoms with Crippen molar-refractivity contribution in [1.82, 2.24) is 5.32 Å². The van der Waals surface area contributed by atoms with Gasteiger partial charge in [-0.1, -0.05) is 15.9 Å². The Labute approximate surface area is 131 Å². The number of halogens is 1. The fourth-order valence-corrected chi connectivity index (χ4v) is 2.27. The highest BCUT2D eigenvalue weighted by Crippen LogP contribution is 2.39. The molecule has 0 saturated heterocycles. The van der Waals surface area contributed by atoms with E-state index in [2.05, 4.69) is 27.3 Å². The number of rotatable bonds is 5. The summed E-state index contributed by atoms with van der Waals surface area (Å²) >= 11 is 3.27. The Morgan fingerprint density at radius 1 is 1.43 bits per heavy atom. The summed E-state index contributed by atoms with van der Waals surface area (Å²) < 4.78 is 5.80. The van der Waals surface area contributed by atoms with Gasteiger partial charge >= 0.3 is 5.97 Å². The topological polar surface area (TPSA) is 79.2 Å². The van der Waals surface area contributed by atoms with Crippen molar-refractivity contribution in [2.75, 3.05) is 6.61 Å². The minimum absolute atomic E-state index is 0.189. The Kier molecular flexibility index (Phi) is 4.63. The second-order valence-corrected chi connectivity index (χ2v) is 6.14. The van der Waals surface area contributed by atoms with Crippen LogP contribution >= 0.6 is 15.9 Å². The summed E-state index contributed by atoms with van der Waals surface area (Å²) in [6.45, 7) is 1.30. The van der Waals surface area contributed by atoms with Gasteiger partial charge in [0.1, 0.15) is 5.54 Å². The SMILES string of the molecule is C[C@@](C#N)(NC(=O)COC(=O)c1ccc(Br)cc1)C1CC1. The molecule has 1 fully saturated rings. The van der Waals surface area contributed by atoms with Crippen molar-refractivity contribution >= 4 is 27.8 Å². The van der Waals surface area contributed by atoms with Crippen molar-refractivity contribution in [2.45, 2.75) is 25.3 Å². The minimum atomic E-state index is -0.874. The van der Waals surface area contributed by atoms with E-state index in [4.69, 9.17) is 10.00 Å². The number of hydrogen-bond acceptors (Lipinski definition) is 4. The van der Waals surface area contributed by atoms with Crippen LogP contribution in [-0.2, 0) is 9.53 Å². The number of nitriles is 1. The van der Waals surface area contributed by atoms with Gasteiger partial charge in [-0.05, 0) is 49.9 Å². The maximum absolute atomic E-state index is 11.8. The largest absolute Gasteiger partial charge is 0.452 e. The monoisotopic (exact) mass is 350 g/mol. The van der Waals surface area contributed by atoms with Gasteiger partial charge in [-0.15, -0.1) is 0 Å². The number of esters is 1. The zero-order valence-electron chi connectivity index (χ0n) is 11.6. The van der Waals surface area contributed by atoms with Crippen molar-refractivity contribution in [3.63, 3.8) is 0 Å². The number of nitrogens with one attached hydrogen (secondary N) is 1. The zero-order chi connectivity index (χ0) is 15.5. The Morgan fingerprint density at radius 2 is 2.05 bits per heavy atom. The molecule has 0 spiro atoms. The lowest BCUT2D eigenvalue weighted by atomic mass is 9.98. The molecule has 0 aromatic heterocycles. The first-order valence-electron chi connectivity index (χ1n) is 6.59. The highest BCUT2D eigenvalue weighted by Gasteiger charge is 2.43. The molecule has 110 valence electrons. The highest BCUT2D eigenvalue weighted by molar-refractivity contribution is 9.10. The van der Waals surface area contributed by atoms with E-state index in [1.165, 1.54) is 0 Å². The van der Waals surface area contributed by atoms with E-state index in [0.29, 0.717) is 5.56 Å². The molecular formula is C15H15BrN2O3. The molecular weight excluding hydrogens is 336 g/mol. The lowest BCUT2D eigenvalue weighted by molar-refractivity contribution is -0.125. The van der Waals surface area contributed by atoms with E-state index in [1.807, 2.05) is 0 Å². The molecule has 1 N–H and O–H groups in total. The van der Waals surface area contributed by atoms with E-state index in [-0.39, 0.29) is 12.5 Å². The minimum Gasteiger partial charge on any atom is -0.452 e. The van der Waals surface area contributed by atoms with Gasteiger partial charge in [0, 0.05) is 4.47 Å². The standard InChI is InChI=1S/C15H15BrN2O3/c1-15(9-17,11-4-5-11)18-13(19)8-21-14(20)10-2-6-12(16)7-3-10/h2-3,6-7,11H,4-5,8H2,1H3,(H,18,19)/t15-/m0/s1. The smallest absolute Gasteiger partial charge is 0.338 e. The summed E-state index contributed by atoms with van der Waals surface area (Å²) in [7, 11) is 0. The molecule has 0 heterocycles. The summed E-state index contributed by atoms with van der Waals surface area (Å²) in [5.41, 5.74) is -0.502. The number of amides is 1. The van der Waals surface area contributed by atoms with Crippen molar-refractivity contribution in [2.24, 2.45) is 5.92 Å². The van der Waals surface area contributed by atoms with Gasteiger partial charge in [0.15, 0.2) is 6.61 Å². The summed E-state index contributed by atoms with van der Waals surface area (Å²) in [4.78, 5) is 23.6. The first-order chi connectivity index (χ1) is 9.94. The van der Waals surface area contributed by atoms with Crippen molar-refractivity contribution < 1.29 is 14.3 Å². The average Bonchev–Trinajstić information content (AvgIpc) is 3.30. The third kappa shape index (κ3) is 4.05. The van der Waals surface area contributed by atoms with Crippen LogP contribution in [0.15, 0.2) is 28.7 Å². The summed E-state index contributed by atoms with van der Waals surface area (Å²) in [5, 5.41) is 11.8. The quantitative estimate of drug-likeness (QED) is 0.827. The Hall–Kier alpha value is -1.87. The first kappa shape index (κ1) is 15.5. The lowest BCUT2D eigenvalue weighted by Gasteiger charge is -2.22. The third-order valence-corrected chi connectivity index (χ3v) is 3.97. The average molecular weight is 351 g/mol. The van der Waals surface area contributed by atoms with E-state index in [1.54, 1.807) is 31.2 Å². The molecule has 1 aliphatic carbocycles. The second kappa shape index (κ2) is 6.27. The van der Waals surface area contributed by atoms with Crippen LogP contribution in [0.4, 0.5) is 0 Å². The molecule has 6 heteroatoms. The second-order valence-electron chi connectivity index (χ2n) is 5.22. The molecule has 1 aromatic rings. The molecule has 2 rings (SSSR count). The molecule has 0 radical (unpaired) electrons. The van der Waals surface area contributed by atoms with Crippen LogP contribution in [0.25, 0.3) is 0 Å². The van der Waals surface area contributed by atoms with Crippen LogP contribution in [0.3, 0.4) is 0 Å². The van der Waals surface area contributed by atoms with Gasteiger partial charge in [0.2, 0.25) is 0 Å². The summed E-state index contributed by atoms with van der Waals surface area (Å²) in [5.74, 6) is -0.840. The number of benzene rings is 1. The van der Waals surface area contributed by atoms with Gasteiger partial charge in [-0.25, -0.2) is 4.79 Å². The van der Waals surface area contributed by atoms with E-state index >= 15 is 0 Å². The maximum Gasteiger partial charge on any atom is 0.338 e. The van der Waals surface area contributed by atoms with E-state index in [9.17, 15) is 9.59 Å². The number of nitrogens with zero attached hydrogens (tertiary/aromatic N) is 1. The van der Waals surface area contributed by atoms with Crippen LogP contribution < -0.4 is 5.32 Å². The number of hydrogen-bond donors (Lipinski definition) is 1. The highest BCUT2D eigenvalue weighted by atomic mass is 79.9. The van der Waals surface area contributed by atoms with E-state index < -0.39 is 17.4 Å². The normalized spacial score (nSPS) is 16.4. The third-order valence-electron chi connectivity index (χ3n) is 3.44. The van der Waals surface area contributed by atoms with Crippen molar-refractivity contribution in [3.05, 3.63) is 34.3 Å². The summed E-state index contributed by atoms with van der Waals surface area (Å²) in [6.07, 6.45) is 1.87. The number of carbonyl (C=O) groups excluding carboxylic acids is 2. The first-order valence-corrected chi connectivity index (χ1v) is 7.39. The fraction of sp³-hybridized carbons (Fsp3) is 0.400. The van der Waals surface area contributed by atoms with Crippen molar-refractivity contribution in [3.8, 4) is 6.07 Å². The Balaban J connectivity index is 1.85. The van der Waals surface area contributed by atoms with Gasteiger partial charge in [-0.3, -0.25) is 4.79 Å². The fourth-order valence-electron chi connectivity index (χ4n) is 2.01. The molecule has 1 amide bonds. The number of carbonyl (C=O) groups is 2. The van der Waals surface area contributed by atoms with Gasteiger partial charge in [0.25, 0.3) is 5.91 Å². The zero-order valence-corrected chi connectivity index (χ0v) is 13.1. The molecule has 1 aliphatic rings. The molecule has 1 atom stereocenters. The Bertz CT molecular complexity index is 590. The van der Waals surface area contributed by atoms with Crippen LogP contribution in [0.1, 0.15) is 30.1 Å². The van der Waals surface area contributed by atoms with Crippen LogP contribution in [0, 0.1) is 17.2 Å². The molecule has 21 heavy (non-hydrogen) atoms. The molecule has 0 aliphatic heterocycles. The molecule has 1 aromatic carbocycles. The molecule has 1 saturated carbocycles. The van der Waals surface area contributed by atoms with Gasteiger partial charge in [0.05, 0.1) is 11.6 Å². The maximum atomic E-state index is 11.8. The van der Waals surface area contributed by atoms with Crippen LogP contribution in [-0.4, -0.2) is 24.0 Å². The van der Waals surface area contributed by atoms with Crippen LogP contribution in [0.2, 0.25) is 0 Å². The van der Waals surface area contributed by atoms with Crippen LogP contribution in [0.5, 0.6) is 0 Å². The van der Waals surface area contributed by atoms with Crippen molar-refractivity contribution in [1.29, 1.82) is 5.26 Å². The summed E-state index contributed by atoms with van der Waals surface area (Å²) in [6, 6.07) is 8.77. The predicted octanol–water partition coefficient (Wildman–Crippen LogP) is 2.41. The molecule has 0 bridgehead atoms. The lowest BCUT2D eigenvalue weighted by Crippen LogP contribution is -2.48.